The van der Waals surface area contributed by atoms with Crippen LogP contribution in [0, 0.1) is 5.82 Å². The molecule has 1 saturated heterocycles. The molecule has 0 spiro atoms. The van der Waals surface area contributed by atoms with Gasteiger partial charge < -0.3 is 19.3 Å². The van der Waals surface area contributed by atoms with E-state index in [0.29, 0.717) is 37.4 Å². The van der Waals surface area contributed by atoms with Gasteiger partial charge in [-0.25, -0.2) is 9.18 Å². The predicted molar refractivity (Wildman–Crippen MR) is 145 cm³/mol. The van der Waals surface area contributed by atoms with Gasteiger partial charge in [0.2, 0.25) is 0 Å². The van der Waals surface area contributed by atoms with Gasteiger partial charge in [0.15, 0.2) is 5.82 Å². The third kappa shape index (κ3) is 6.50. The number of ether oxygens (including phenoxy) is 2. The summed E-state index contributed by atoms with van der Waals surface area (Å²) in [6.45, 7) is 17.5. The lowest BCUT2D eigenvalue weighted by molar-refractivity contribution is 0.00561. The monoisotopic (exact) mass is 587 g/mol. The molecule has 200 valence electrons. The second-order valence-electron chi connectivity index (χ2n) is 10.1. The van der Waals surface area contributed by atoms with Crippen LogP contribution >= 0.6 is 27.5 Å². The van der Waals surface area contributed by atoms with Crippen LogP contribution in [0.4, 0.5) is 15.0 Å². The number of piperazine rings is 1. The molecule has 0 saturated carbocycles. The van der Waals surface area contributed by atoms with Crippen LogP contribution in [0.15, 0.2) is 10.5 Å². The van der Waals surface area contributed by atoms with Crippen LogP contribution in [-0.4, -0.2) is 82.9 Å². The Hall–Kier alpha value is -1.91. The van der Waals surface area contributed by atoms with Crippen LogP contribution in [0.5, 0.6) is 6.01 Å². The highest BCUT2D eigenvalue weighted by molar-refractivity contribution is 9.10. The van der Waals surface area contributed by atoms with Crippen LogP contribution in [0.1, 0.15) is 48.5 Å². The fourth-order valence-corrected chi connectivity index (χ4v) is 4.91. The Labute approximate surface area is 226 Å². The van der Waals surface area contributed by atoms with E-state index in [2.05, 4.69) is 44.6 Å². The minimum Gasteiger partial charge on any atom is -0.462 e. The summed E-state index contributed by atoms with van der Waals surface area (Å²) < 4.78 is 26.9. The number of fused-ring (bicyclic) bond motifs is 1. The fraction of sp³-hybridized carbons (Fsp3) is 0.640. The Morgan fingerprint density at radius 1 is 1.22 bits per heavy atom. The molecule has 36 heavy (non-hydrogen) atoms. The van der Waals surface area contributed by atoms with Crippen LogP contribution in [0.3, 0.4) is 0 Å². The molecule has 8 nitrogen and oxygen atoms in total. The lowest BCUT2D eigenvalue weighted by Crippen LogP contribution is -2.59. The van der Waals surface area contributed by atoms with E-state index < -0.39 is 11.4 Å². The molecule has 0 N–H and O–H groups in total. The van der Waals surface area contributed by atoms with Gasteiger partial charge in [0.05, 0.1) is 21.6 Å². The van der Waals surface area contributed by atoms with Crippen molar-refractivity contribution in [3.8, 4) is 6.01 Å². The van der Waals surface area contributed by atoms with Crippen molar-refractivity contribution in [1.82, 2.24) is 19.8 Å². The largest absolute Gasteiger partial charge is 0.462 e. The summed E-state index contributed by atoms with van der Waals surface area (Å²) in [6.07, 6.45) is -0.354. The number of carbonyl (C=O) groups excluding carboxylic acids is 1. The number of benzene rings is 1. The first kappa shape index (κ1) is 28.7. The van der Waals surface area contributed by atoms with E-state index in [1.807, 2.05) is 39.5 Å². The fourth-order valence-electron chi connectivity index (χ4n) is 4.42. The number of nitrogens with zero attached hydrogens (tertiary/aromatic N) is 5. The minimum absolute atomic E-state index is 0.104. The molecule has 1 aromatic carbocycles. The van der Waals surface area contributed by atoms with Gasteiger partial charge in [-0.15, -0.1) is 0 Å². The SMILES string of the molecule is CCN(CC)CCOc1nc(N2C[C@@H](C)N(C(=O)OC(C)(C)C)[C@@H](C)C2)c2cc(Cl)c(Br)c(F)c2n1. The molecule has 1 aliphatic heterocycles. The van der Waals surface area contributed by atoms with Gasteiger partial charge >= 0.3 is 12.1 Å². The molecule has 0 bridgehead atoms. The molecule has 3 rings (SSSR count). The quantitative estimate of drug-likeness (QED) is 0.382. The zero-order chi connectivity index (χ0) is 26.8. The number of carbonyl (C=O) groups is 1. The van der Waals surface area contributed by atoms with Crippen molar-refractivity contribution in [3.63, 3.8) is 0 Å². The van der Waals surface area contributed by atoms with E-state index in [1.54, 1.807) is 11.0 Å². The molecule has 1 amide bonds. The Kier molecular flexibility index (Phi) is 9.27. The van der Waals surface area contributed by atoms with E-state index >= 15 is 4.39 Å². The number of hydrogen-bond donors (Lipinski definition) is 0. The van der Waals surface area contributed by atoms with Crippen molar-refractivity contribution in [2.75, 3.05) is 44.2 Å². The Bertz CT molecular complexity index is 1080. The Morgan fingerprint density at radius 2 is 1.83 bits per heavy atom. The lowest BCUT2D eigenvalue weighted by Gasteiger charge is -2.45. The predicted octanol–water partition coefficient (Wildman–Crippen LogP) is 5.74. The first-order valence-corrected chi connectivity index (χ1v) is 13.5. The average Bonchev–Trinajstić information content (AvgIpc) is 2.78. The standard InChI is InChI=1S/C25H36BrClFN5O3/c1-8-31(9-2)10-11-35-23-29-21-17(12-18(27)19(26)20(21)28)22(30-23)32-13-15(3)33(16(4)14-32)24(34)36-25(5,6)7/h12,15-16H,8-11,13-14H2,1-7H3/t15-,16+. The van der Waals surface area contributed by atoms with Gasteiger partial charge in [-0.2, -0.15) is 9.97 Å². The van der Waals surface area contributed by atoms with Gasteiger partial charge in [0, 0.05) is 25.0 Å². The van der Waals surface area contributed by atoms with Crippen LogP contribution in [-0.2, 0) is 4.74 Å². The number of amides is 1. The molecule has 1 aromatic heterocycles. The van der Waals surface area contributed by atoms with Crippen molar-refractivity contribution in [3.05, 3.63) is 21.4 Å². The topological polar surface area (TPSA) is 71.0 Å². The smallest absolute Gasteiger partial charge is 0.410 e. The second-order valence-corrected chi connectivity index (χ2v) is 11.3. The van der Waals surface area contributed by atoms with Crippen molar-refractivity contribution in [2.45, 2.75) is 66.2 Å². The summed E-state index contributed by atoms with van der Waals surface area (Å²) in [5.41, 5.74) is -0.459. The lowest BCUT2D eigenvalue weighted by atomic mass is 10.1. The maximum atomic E-state index is 15.3. The highest BCUT2D eigenvalue weighted by Crippen LogP contribution is 2.37. The summed E-state index contributed by atoms with van der Waals surface area (Å²) in [6, 6.07) is 1.43. The third-order valence-corrected chi connectivity index (χ3v) is 7.44. The molecule has 2 aromatic rings. The first-order valence-electron chi connectivity index (χ1n) is 12.3. The molecular formula is C25H36BrClFN5O3. The van der Waals surface area contributed by atoms with Crippen LogP contribution < -0.4 is 9.64 Å². The Balaban J connectivity index is 1.95. The summed E-state index contributed by atoms with van der Waals surface area (Å²) in [4.78, 5) is 27.9. The summed E-state index contributed by atoms with van der Waals surface area (Å²) >= 11 is 9.53. The number of rotatable bonds is 7. The van der Waals surface area contributed by atoms with Gasteiger partial charge in [0.25, 0.3) is 0 Å². The van der Waals surface area contributed by atoms with E-state index in [0.717, 1.165) is 13.1 Å². The first-order chi connectivity index (χ1) is 16.9. The highest BCUT2D eigenvalue weighted by atomic mass is 79.9. The summed E-state index contributed by atoms with van der Waals surface area (Å²) in [7, 11) is 0. The average molecular weight is 589 g/mol. The molecule has 1 fully saturated rings. The van der Waals surface area contributed by atoms with Crippen molar-refractivity contribution in [1.29, 1.82) is 0 Å². The number of halogens is 3. The molecule has 0 aliphatic carbocycles. The normalized spacial score (nSPS) is 18.8. The maximum Gasteiger partial charge on any atom is 0.410 e. The molecular weight excluding hydrogens is 553 g/mol. The summed E-state index contributed by atoms with van der Waals surface area (Å²) in [5.74, 6) is -0.0445. The van der Waals surface area contributed by atoms with Crippen molar-refractivity contribution >= 4 is 50.3 Å². The van der Waals surface area contributed by atoms with Crippen LogP contribution in [0.2, 0.25) is 5.02 Å². The third-order valence-electron chi connectivity index (χ3n) is 6.14. The maximum absolute atomic E-state index is 15.3. The molecule has 0 unspecified atom stereocenters. The van der Waals surface area contributed by atoms with Crippen LogP contribution in [0.25, 0.3) is 10.9 Å². The number of hydrogen-bond acceptors (Lipinski definition) is 7. The molecule has 0 radical (unpaired) electrons. The van der Waals surface area contributed by atoms with E-state index in [-0.39, 0.29) is 39.2 Å². The molecule has 1 aliphatic rings. The summed E-state index contributed by atoms with van der Waals surface area (Å²) in [5, 5.41) is 0.718. The molecule has 11 heteroatoms. The van der Waals surface area contributed by atoms with E-state index in [4.69, 9.17) is 21.1 Å². The zero-order valence-corrected chi connectivity index (χ0v) is 24.4. The van der Waals surface area contributed by atoms with E-state index in [9.17, 15) is 4.79 Å². The highest BCUT2D eigenvalue weighted by Gasteiger charge is 2.37. The van der Waals surface area contributed by atoms with Gasteiger partial charge in [-0.3, -0.25) is 4.90 Å². The van der Waals surface area contributed by atoms with Crippen molar-refractivity contribution in [2.24, 2.45) is 0 Å². The van der Waals surface area contributed by atoms with Gasteiger partial charge in [-0.1, -0.05) is 25.4 Å². The molecule has 2 atom stereocenters. The second kappa shape index (κ2) is 11.6. The minimum atomic E-state index is -0.588. The Morgan fingerprint density at radius 3 is 2.39 bits per heavy atom. The number of likely N-dealkylation sites (N-methyl/N-ethyl adjacent to an activating group) is 1. The van der Waals surface area contributed by atoms with Crippen molar-refractivity contribution < 1.29 is 18.7 Å². The van der Waals surface area contributed by atoms with E-state index in [1.165, 1.54) is 0 Å². The number of anilines is 1. The zero-order valence-electron chi connectivity index (χ0n) is 22.1. The van der Waals surface area contributed by atoms with Gasteiger partial charge in [-0.05, 0) is 69.7 Å². The van der Waals surface area contributed by atoms with Gasteiger partial charge in [0.1, 0.15) is 23.5 Å². The molecule has 2 heterocycles. The number of aromatic nitrogens is 2.